The molecule has 0 fully saturated rings. The van der Waals surface area contributed by atoms with Crippen molar-refractivity contribution in [3.63, 3.8) is 0 Å². The second-order valence-electron chi connectivity index (χ2n) is 4.22. The third-order valence-electron chi connectivity index (χ3n) is 2.83. The molecule has 1 nitrogen and oxygen atoms in total. The summed E-state index contributed by atoms with van der Waals surface area (Å²) in [5.41, 5.74) is 4.41. The first kappa shape index (κ1) is 10.2. The standard InChI is InChI=1S/C12H16BrN/c1-8(2)11-5-9-3-4-14-7-10(9)6-12(11)13/h5-6,8,14H,3-4,7H2,1-2H3. The van der Waals surface area contributed by atoms with Gasteiger partial charge in [0.05, 0.1) is 0 Å². The first-order valence-corrected chi connectivity index (χ1v) is 5.99. The van der Waals surface area contributed by atoms with Gasteiger partial charge in [-0.3, -0.25) is 0 Å². The van der Waals surface area contributed by atoms with Crippen LogP contribution in [0.25, 0.3) is 0 Å². The lowest BCUT2D eigenvalue weighted by atomic mass is 9.94. The lowest BCUT2D eigenvalue weighted by molar-refractivity contribution is 0.641. The number of hydrogen-bond acceptors (Lipinski definition) is 1. The van der Waals surface area contributed by atoms with Crippen LogP contribution in [-0.2, 0) is 13.0 Å². The zero-order chi connectivity index (χ0) is 10.1. The average molecular weight is 254 g/mol. The van der Waals surface area contributed by atoms with Crippen LogP contribution in [0.1, 0.15) is 36.5 Å². The van der Waals surface area contributed by atoms with Crippen LogP contribution in [0.5, 0.6) is 0 Å². The van der Waals surface area contributed by atoms with Crippen molar-refractivity contribution in [3.05, 3.63) is 33.3 Å². The quantitative estimate of drug-likeness (QED) is 0.811. The highest BCUT2D eigenvalue weighted by molar-refractivity contribution is 9.10. The molecular formula is C12H16BrN. The van der Waals surface area contributed by atoms with E-state index in [1.54, 1.807) is 0 Å². The Labute approximate surface area is 94.0 Å². The predicted molar refractivity (Wildman–Crippen MR) is 63.6 cm³/mol. The van der Waals surface area contributed by atoms with E-state index in [2.05, 4.69) is 47.2 Å². The highest BCUT2D eigenvalue weighted by Crippen LogP contribution is 2.29. The van der Waals surface area contributed by atoms with Crippen LogP contribution in [-0.4, -0.2) is 6.54 Å². The second kappa shape index (κ2) is 4.03. The van der Waals surface area contributed by atoms with Crippen molar-refractivity contribution in [2.75, 3.05) is 6.54 Å². The third-order valence-corrected chi connectivity index (χ3v) is 3.51. The molecule has 1 heterocycles. The maximum atomic E-state index is 3.65. The molecule has 1 aliphatic heterocycles. The fraction of sp³-hybridized carbons (Fsp3) is 0.500. The molecule has 0 unspecified atom stereocenters. The molecule has 1 N–H and O–H groups in total. The normalized spacial score (nSPS) is 15.7. The van der Waals surface area contributed by atoms with Gasteiger partial charge in [0, 0.05) is 11.0 Å². The van der Waals surface area contributed by atoms with Gasteiger partial charge in [-0.2, -0.15) is 0 Å². The molecule has 0 radical (unpaired) electrons. The minimum absolute atomic E-state index is 0.601. The topological polar surface area (TPSA) is 12.0 Å². The number of hydrogen-bond donors (Lipinski definition) is 1. The van der Waals surface area contributed by atoms with Gasteiger partial charge in [-0.05, 0) is 41.6 Å². The van der Waals surface area contributed by atoms with Crippen LogP contribution in [0.3, 0.4) is 0 Å². The monoisotopic (exact) mass is 253 g/mol. The van der Waals surface area contributed by atoms with E-state index in [0.717, 1.165) is 13.1 Å². The zero-order valence-corrected chi connectivity index (χ0v) is 10.3. The maximum absolute atomic E-state index is 3.65. The van der Waals surface area contributed by atoms with E-state index in [9.17, 15) is 0 Å². The molecule has 0 bridgehead atoms. The van der Waals surface area contributed by atoms with Crippen LogP contribution < -0.4 is 5.32 Å². The molecule has 2 heteroatoms. The third kappa shape index (κ3) is 1.86. The van der Waals surface area contributed by atoms with Crippen LogP contribution in [0.2, 0.25) is 0 Å². The summed E-state index contributed by atoms with van der Waals surface area (Å²) in [6, 6.07) is 4.64. The van der Waals surface area contributed by atoms with Crippen LogP contribution >= 0.6 is 15.9 Å². The van der Waals surface area contributed by atoms with Gasteiger partial charge in [0.15, 0.2) is 0 Å². The highest BCUT2D eigenvalue weighted by Gasteiger charge is 2.13. The molecular weight excluding hydrogens is 238 g/mol. The van der Waals surface area contributed by atoms with Crippen molar-refractivity contribution in [2.24, 2.45) is 0 Å². The Bertz CT molecular complexity index is 344. The Morgan fingerprint density at radius 1 is 1.29 bits per heavy atom. The average Bonchev–Trinajstić information content (AvgIpc) is 2.16. The Balaban J connectivity index is 2.45. The van der Waals surface area contributed by atoms with Crippen molar-refractivity contribution in [1.82, 2.24) is 5.32 Å². The number of nitrogens with one attached hydrogen (secondary N) is 1. The summed E-state index contributed by atoms with van der Waals surface area (Å²) in [5.74, 6) is 0.601. The summed E-state index contributed by atoms with van der Waals surface area (Å²) < 4.78 is 1.26. The highest BCUT2D eigenvalue weighted by atomic mass is 79.9. The molecule has 0 saturated carbocycles. The lowest BCUT2D eigenvalue weighted by Crippen LogP contribution is -2.23. The van der Waals surface area contributed by atoms with E-state index in [0.29, 0.717) is 5.92 Å². The van der Waals surface area contributed by atoms with Crippen molar-refractivity contribution in [3.8, 4) is 0 Å². The van der Waals surface area contributed by atoms with Crippen molar-refractivity contribution >= 4 is 15.9 Å². The molecule has 1 aromatic rings. The van der Waals surface area contributed by atoms with Gasteiger partial charge in [0.1, 0.15) is 0 Å². The molecule has 2 rings (SSSR count). The fourth-order valence-corrected chi connectivity index (χ4v) is 2.81. The Morgan fingerprint density at radius 2 is 2.07 bits per heavy atom. The predicted octanol–water partition coefficient (Wildman–Crippen LogP) is 3.22. The van der Waals surface area contributed by atoms with E-state index in [4.69, 9.17) is 0 Å². The van der Waals surface area contributed by atoms with Crippen LogP contribution in [0.15, 0.2) is 16.6 Å². The zero-order valence-electron chi connectivity index (χ0n) is 8.73. The number of halogens is 1. The van der Waals surface area contributed by atoms with Crippen molar-refractivity contribution in [2.45, 2.75) is 32.7 Å². The van der Waals surface area contributed by atoms with Gasteiger partial charge >= 0.3 is 0 Å². The van der Waals surface area contributed by atoms with E-state index >= 15 is 0 Å². The first-order valence-electron chi connectivity index (χ1n) is 5.20. The smallest absolute Gasteiger partial charge is 0.0213 e. The van der Waals surface area contributed by atoms with E-state index in [1.165, 1.54) is 27.6 Å². The minimum Gasteiger partial charge on any atom is -0.312 e. The lowest BCUT2D eigenvalue weighted by Gasteiger charge is -2.20. The van der Waals surface area contributed by atoms with E-state index < -0.39 is 0 Å². The summed E-state index contributed by atoms with van der Waals surface area (Å²) in [6.07, 6.45) is 1.17. The molecule has 76 valence electrons. The van der Waals surface area contributed by atoms with Gasteiger partial charge in [0.2, 0.25) is 0 Å². The van der Waals surface area contributed by atoms with Gasteiger partial charge in [-0.1, -0.05) is 35.8 Å². The fourth-order valence-electron chi connectivity index (χ4n) is 1.96. The SMILES string of the molecule is CC(C)c1cc2c(cc1Br)CNCC2. The minimum atomic E-state index is 0.601. The van der Waals surface area contributed by atoms with Gasteiger partial charge < -0.3 is 5.32 Å². The summed E-state index contributed by atoms with van der Waals surface area (Å²) in [4.78, 5) is 0. The van der Waals surface area contributed by atoms with Crippen molar-refractivity contribution in [1.29, 1.82) is 0 Å². The van der Waals surface area contributed by atoms with Gasteiger partial charge in [-0.25, -0.2) is 0 Å². The Hall–Kier alpha value is -0.340. The first-order chi connectivity index (χ1) is 6.68. The molecule has 1 aromatic carbocycles. The largest absolute Gasteiger partial charge is 0.312 e. The number of rotatable bonds is 1. The molecule has 1 aliphatic rings. The molecule has 14 heavy (non-hydrogen) atoms. The summed E-state index contributed by atoms with van der Waals surface area (Å²) >= 11 is 3.65. The van der Waals surface area contributed by atoms with Crippen molar-refractivity contribution < 1.29 is 0 Å². The summed E-state index contributed by atoms with van der Waals surface area (Å²) in [5, 5.41) is 3.40. The van der Waals surface area contributed by atoms with E-state index in [1.807, 2.05) is 0 Å². The van der Waals surface area contributed by atoms with Crippen LogP contribution in [0, 0.1) is 0 Å². The van der Waals surface area contributed by atoms with Crippen LogP contribution in [0.4, 0.5) is 0 Å². The molecule has 0 saturated heterocycles. The summed E-state index contributed by atoms with van der Waals surface area (Å²) in [7, 11) is 0. The number of benzene rings is 1. The Morgan fingerprint density at radius 3 is 2.79 bits per heavy atom. The van der Waals surface area contributed by atoms with E-state index in [-0.39, 0.29) is 0 Å². The molecule has 0 aliphatic carbocycles. The molecule has 0 atom stereocenters. The molecule has 0 aromatic heterocycles. The summed E-state index contributed by atoms with van der Waals surface area (Å²) in [6.45, 7) is 6.62. The molecule has 0 amide bonds. The second-order valence-corrected chi connectivity index (χ2v) is 5.08. The molecule has 0 spiro atoms. The van der Waals surface area contributed by atoms with Gasteiger partial charge in [-0.15, -0.1) is 0 Å². The Kier molecular flexibility index (Phi) is 2.93. The number of fused-ring (bicyclic) bond motifs is 1. The van der Waals surface area contributed by atoms with Gasteiger partial charge in [0.25, 0.3) is 0 Å². The maximum Gasteiger partial charge on any atom is 0.0213 e.